The average molecular weight is 389 g/mol. The third kappa shape index (κ3) is 4.50. The maximum atomic E-state index is 12.4. The Morgan fingerprint density at radius 1 is 1.10 bits per heavy atom. The molecule has 0 saturated heterocycles. The quantitative estimate of drug-likeness (QED) is 0.628. The van der Waals surface area contributed by atoms with E-state index in [-0.39, 0.29) is 5.91 Å². The number of carbonyl (C=O) groups excluding carboxylic acids is 1. The van der Waals surface area contributed by atoms with Crippen LogP contribution < -0.4 is 10.2 Å². The molecule has 0 atom stereocenters. The van der Waals surface area contributed by atoms with E-state index >= 15 is 0 Å². The van der Waals surface area contributed by atoms with E-state index in [0.29, 0.717) is 12.1 Å². The minimum Gasteiger partial charge on any atom is -0.371 e. The van der Waals surface area contributed by atoms with Gasteiger partial charge in [-0.25, -0.2) is 0 Å². The third-order valence-electron chi connectivity index (χ3n) is 5.53. The highest BCUT2D eigenvalue weighted by Crippen LogP contribution is 2.27. The lowest BCUT2D eigenvalue weighted by atomic mass is 10.1. The summed E-state index contributed by atoms with van der Waals surface area (Å²) >= 11 is 0. The van der Waals surface area contributed by atoms with Crippen LogP contribution in [0.15, 0.2) is 54.6 Å². The number of nitrogens with zero attached hydrogens (tertiary/aromatic N) is 3. The van der Waals surface area contributed by atoms with Crippen LogP contribution in [0.25, 0.3) is 0 Å². The molecule has 4 rings (SSSR count). The van der Waals surface area contributed by atoms with Crippen LogP contribution in [0, 0.1) is 13.8 Å². The van der Waals surface area contributed by atoms with Gasteiger partial charge in [0.25, 0.3) is 5.91 Å². The van der Waals surface area contributed by atoms with Gasteiger partial charge >= 0.3 is 0 Å². The first-order chi connectivity index (χ1) is 14.1. The normalized spacial score (nSPS) is 12.8. The predicted octanol–water partition coefficient (Wildman–Crippen LogP) is 3.73. The Morgan fingerprint density at radius 2 is 1.90 bits per heavy atom. The summed E-state index contributed by atoms with van der Waals surface area (Å²) in [5.41, 5.74) is 6.78. The molecule has 0 aliphatic carbocycles. The molecule has 1 amide bonds. The second-order valence-electron chi connectivity index (χ2n) is 7.76. The van der Waals surface area contributed by atoms with Crippen molar-refractivity contribution < 1.29 is 4.79 Å². The topological polar surface area (TPSA) is 50.2 Å². The fourth-order valence-electron chi connectivity index (χ4n) is 3.98. The Hall–Kier alpha value is -3.08. The summed E-state index contributed by atoms with van der Waals surface area (Å²) in [6.07, 6.45) is 2.06. The van der Waals surface area contributed by atoms with Crippen molar-refractivity contribution in [3.8, 4) is 0 Å². The number of amides is 1. The van der Waals surface area contributed by atoms with E-state index in [2.05, 4.69) is 52.6 Å². The summed E-state index contributed by atoms with van der Waals surface area (Å²) in [5, 5.41) is 7.54. The molecule has 29 heavy (non-hydrogen) atoms. The van der Waals surface area contributed by atoms with Gasteiger partial charge in [-0.2, -0.15) is 5.10 Å². The SMILES string of the molecule is Cc1cc(C)n(Cc2ccc(C(=O)NCCCN3CCc4ccccc43)cc2)n1. The number of carbonyl (C=O) groups is 1. The molecule has 0 saturated carbocycles. The van der Waals surface area contributed by atoms with Gasteiger partial charge in [-0.05, 0) is 62.1 Å². The second-order valence-corrected chi connectivity index (χ2v) is 7.76. The standard InChI is InChI=1S/C24H28N4O/c1-18-16-19(2)28(26-18)17-20-8-10-22(11-9-20)24(29)25-13-5-14-27-15-12-21-6-3-4-7-23(21)27/h3-4,6-11,16H,5,12-15,17H2,1-2H3,(H,25,29). The molecule has 0 spiro atoms. The van der Waals surface area contributed by atoms with E-state index in [1.807, 2.05) is 35.9 Å². The van der Waals surface area contributed by atoms with Crippen molar-refractivity contribution in [1.29, 1.82) is 0 Å². The van der Waals surface area contributed by atoms with Crippen LogP contribution >= 0.6 is 0 Å². The van der Waals surface area contributed by atoms with Crippen molar-refractivity contribution in [3.63, 3.8) is 0 Å². The Labute approximate surface area is 172 Å². The summed E-state index contributed by atoms with van der Waals surface area (Å²) in [6, 6.07) is 18.5. The molecule has 150 valence electrons. The molecule has 1 aromatic heterocycles. The van der Waals surface area contributed by atoms with Gasteiger partial charge in [0.1, 0.15) is 0 Å². The molecular formula is C24H28N4O. The molecule has 0 bridgehead atoms. The predicted molar refractivity (Wildman–Crippen MR) is 117 cm³/mol. The number of rotatable bonds is 7. The number of aromatic nitrogens is 2. The molecule has 1 N–H and O–H groups in total. The highest BCUT2D eigenvalue weighted by Gasteiger charge is 2.17. The number of benzene rings is 2. The van der Waals surface area contributed by atoms with Gasteiger partial charge in [-0.15, -0.1) is 0 Å². The highest BCUT2D eigenvalue weighted by atomic mass is 16.1. The summed E-state index contributed by atoms with van der Waals surface area (Å²) < 4.78 is 1.99. The number of nitrogens with one attached hydrogen (secondary N) is 1. The number of hydrogen-bond donors (Lipinski definition) is 1. The summed E-state index contributed by atoms with van der Waals surface area (Å²) in [5.74, 6) is -0.00973. The molecular weight excluding hydrogens is 360 g/mol. The first kappa shape index (κ1) is 19.2. The highest BCUT2D eigenvalue weighted by molar-refractivity contribution is 5.94. The van der Waals surface area contributed by atoms with Crippen molar-refractivity contribution >= 4 is 11.6 Å². The monoisotopic (exact) mass is 388 g/mol. The number of anilines is 1. The fourth-order valence-corrected chi connectivity index (χ4v) is 3.98. The van der Waals surface area contributed by atoms with Gasteiger partial charge in [0.05, 0.1) is 12.2 Å². The third-order valence-corrected chi connectivity index (χ3v) is 5.53. The van der Waals surface area contributed by atoms with Crippen molar-refractivity contribution in [2.45, 2.75) is 33.2 Å². The summed E-state index contributed by atoms with van der Waals surface area (Å²) in [7, 11) is 0. The minimum absolute atomic E-state index is 0.00973. The van der Waals surface area contributed by atoms with E-state index < -0.39 is 0 Å². The molecule has 5 heteroatoms. The fraction of sp³-hybridized carbons (Fsp3) is 0.333. The van der Waals surface area contributed by atoms with Crippen LogP contribution in [0.2, 0.25) is 0 Å². The molecule has 3 aromatic rings. The molecule has 1 aliphatic heterocycles. The van der Waals surface area contributed by atoms with Gasteiger partial charge < -0.3 is 10.2 Å². The molecule has 0 radical (unpaired) electrons. The van der Waals surface area contributed by atoms with E-state index in [0.717, 1.165) is 49.4 Å². The second kappa shape index (κ2) is 8.52. The van der Waals surface area contributed by atoms with Crippen LogP contribution in [0.4, 0.5) is 5.69 Å². The maximum Gasteiger partial charge on any atom is 0.251 e. The van der Waals surface area contributed by atoms with Crippen LogP contribution in [-0.2, 0) is 13.0 Å². The molecule has 1 aliphatic rings. The maximum absolute atomic E-state index is 12.4. The average Bonchev–Trinajstić information content (AvgIpc) is 3.28. The van der Waals surface area contributed by atoms with Crippen molar-refractivity contribution in [2.75, 3.05) is 24.5 Å². The lowest BCUT2D eigenvalue weighted by Gasteiger charge is -2.19. The first-order valence-corrected chi connectivity index (χ1v) is 10.3. The number of para-hydroxylation sites is 1. The van der Waals surface area contributed by atoms with Crippen molar-refractivity contribution in [3.05, 3.63) is 82.7 Å². The van der Waals surface area contributed by atoms with Crippen molar-refractivity contribution in [1.82, 2.24) is 15.1 Å². The van der Waals surface area contributed by atoms with E-state index in [4.69, 9.17) is 0 Å². The Kier molecular flexibility index (Phi) is 5.65. The van der Waals surface area contributed by atoms with Gasteiger partial charge in [0, 0.05) is 36.6 Å². The molecule has 2 aromatic carbocycles. The van der Waals surface area contributed by atoms with Crippen LogP contribution in [0.1, 0.15) is 39.3 Å². The van der Waals surface area contributed by atoms with E-state index in [1.165, 1.54) is 11.3 Å². The van der Waals surface area contributed by atoms with Gasteiger partial charge in [-0.1, -0.05) is 30.3 Å². The smallest absolute Gasteiger partial charge is 0.251 e. The van der Waals surface area contributed by atoms with Gasteiger partial charge in [0.15, 0.2) is 0 Å². The van der Waals surface area contributed by atoms with Crippen LogP contribution in [-0.4, -0.2) is 35.3 Å². The lowest BCUT2D eigenvalue weighted by Crippen LogP contribution is -2.29. The van der Waals surface area contributed by atoms with E-state index in [9.17, 15) is 4.79 Å². The minimum atomic E-state index is -0.00973. The zero-order chi connectivity index (χ0) is 20.2. The number of aryl methyl sites for hydroxylation is 2. The summed E-state index contributed by atoms with van der Waals surface area (Å²) in [4.78, 5) is 14.8. The molecule has 5 nitrogen and oxygen atoms in total. The Morgan fingerprint density at radius 3 is 2.66 bits per heavy atom. The van der Waals surface area contributed by atoms with Gasteiger partial charge in [0.2, 0.25) is 0 Å². The van der Waals surface area contributed by atoms with Gasteiger partial charge in [-0.3, -0.25) is 9.48 Å². The largest absolute Gasteiger partial charge is 0.371 e. The van der Waals surface area contributed by atoms with Crippen LogP contribution in [0.3, 0.4) is 0 Å². The zero-order valence-corrected chi connectivity index (χ0v) is 17.2. The first-order valence-electron chi connectivity index (χ1n) is 10.3. The summed E-state index contributed by atoms with van der Waals surface area (Å²) in [6.45, 7) is 7.51. The number of hydrogen-bond acceptors (Lipinski definition) is 3. The lowest BCUT2D eigenvalue weighted by molar-refractivity contribution is 0.0953. The van der Waals surface area contributed by atoms with E-state index in [1.54, 1.807) is 0 Å². The molecule has 2 heterocycles. The number of fused-ring (bicyclic) bond motifs is 1. The van der Waals surface area contributed by atoms with Crippen molar-refractivity contribution in [2.24, 2.45) is 0 Å². The zero-order valence-electron chi connectivity index (χ0n) is 17.2. The van der Waals surface area contributed by atoms with Crippen LogP contribution in [0.5, 0.6) is 0 Å². The molecule has 0 unspecified atom stereocenters. The Bertz CT molecular complexity index is 990. The molecule has 0 fully saturated rings. The Balaban J connectivity index is 1.24.